The Hall–Kier alpha value is -0.800. The van der Waals surface area contributed by atoms with Crippen molar-refractivity contribution in [3.63, 3.8) is 0 Å². The standard InChI is InChI=1S/C12H12BrClN2/c1-6-7(2)16-12-9(11(6)15-3)4-8(13)5-10(12)14/h4-5H,1-3H3,(H,15,16). The van der Waals surface area contributed by atoms with E-state index in [1.807, 2.05) is 26.1 Å². The molecule has 1 aromatic heterocycles. The molecule has 0 aliphatic rings. The third kappa shape index (κ3) is 1.78. The largest absolute Gasteiger partial charge is 0.387 e. The lowest BCUT2D eigenvalue weighted by atomic mass is 10.1. The number of pyridine rings is 1. The number of aromatic nitrogens is 1. The van der Waals surface area contributed by atoms with Crippen molar-refractivity contribution in [3.8, 4) is 0 Å². The summed E-state index contributed by atoms with van der Waals surface area (Å²) in [5.41, 5.74) is 4.09. The number of halogens is 2. The zero-order valence-electron chi connectivity index (χ0n) is 9.36. The van der Waals surface area contributed by atoms with Crippen LogP contribution in [0.5, 0.6) is 0 Å². The SMILES string of the molecule is CNc1c(C)c(C)nc2c(Cl)cc(Br)cc12. The second-order valence-corrected chi connectivity index (χ2v) is 5.05. The van der Waals surface area contributed by atoms with Crippen LogP contribution in [-0.4, -0.2) is 12.0 Å². The van der Waals surface area contributed by atoms with E-state index < -0.39 is 0 Å². The van der Waals surface area contributed by atoms with Gasteiger partial charge in [-0.3, -0.25) is 4.98 Å². The average Bonchev–Trinajstić information content (AvgIpc) is 2.22. The maximum atomic E-state index is 6.20. The van der Waals surface area contributed by atoms with Crippen LogP contribution in [0.4, 0.5) is 5.69 Å². The minimum atomic E-state index is 0.670. The molecule has 0 saturated carbocycles. The molecule has 0 aliphatic carbocycles. The zero-order chi connectivity index (χ0) is 11.9. The first-order valence-electron chi connectivity index (χ1n) is 4.98. The van der Waals surface area contributed by atoms with Gasteiger partial charge in [0.1, 0.15) is 0 Å². The van der Waals surface area contributed by atoms with E-state index in [-0.39, 0.29) is 0 Å². The predicted molar refractivity (Wildman–Crippen MR) is 73.5 cm³/mol. The minimum Gasteiger partial charge on any atom is -0.387 e. The Morgan fingerprint density at radius 3 is 2.62 bits per heavy atom. The Labute approximate surface area is 108 Å². The highest BCUT2D eigenvalue weighted by molar-refractivity contribution is 9.10. The number of aryl methyl sites for hydroxylation is 1. The summed E-state index contributed by atoms with van der Waals surface area (Å²) < 4.78 is 0.964. The number of nitrogens with one attached hydrogen (secondary N) is 1. The first-order valence-corrected chi connectivity index (χ1v) is 6.15. The number of fused-ring (bicyclic) bond motifs is 1. The van der Waals surface area contributed by atoms with Gasteiger partial charge < -0.3 is 5.32 Å². The molecule has 1 heterocycles. The van der Waals surface area contributed by atoms with Gasteiger partial charge in [-0.2, -0.15) is 0 Å². The van der Waals surface area contributed by atoms with Gasteiger partial charge in [-0.1, -0.05) is 27.5 Å². The van der Waals surface area contributed by atoms with Crippen LogP contribution in [0.2, 0.25) is 5.02 Å². The fourth-order valence-corrected chi connectivity index (χ4v) is 2.68. The van der Waals surface area contributed by atoms with Crippen molar-refractivity contribution in [1.29, 1.82) is 0 Å². The molecule has 16 heavy (non-hydrogen) atoms. The quantitative estimate of drug-likeness (QED) is 0.849. The molecule has 1 N–H and O–H groups in total. The highest BCUT2D eigenvalue weighted by Gasteiger charge is 2.11. The van der Waals surface area contributed by atoms with Gasteiger partial charge >= 0.3 is 0 Å². The van der Waals surface area contributed by atoms with Crippen molar-refractivity contribution in [2.75, 3.05) is 12.4 Å². The lowest BCUT2D eigenvalue weighted by Gasteiger charge is -2.13. The summed E-state index contributed by atoms with van der Waals surface area (Å²) >= 11 is 9.64. The number of nitrogens with zero attached hydrogens (tertiary/aromatic N) is 1. The van der Waals surface area contributed by atoms with E-state index in [0.29, 0.717) is 5.02 Å². The van der Waals surface area contributed by atoms with E-state index in [0.717, 1.165) is 32.3 Å². The zero-order valence-corrected chi connectivity index (χ0v) is 11.7. The van der Waals surface area contributed by atoms with Crippen LogP contribution in [0.1, 0.15) is 11.3 Å². The summed E-state index contributed by atoms with van der Waals surface area (Å²) in [7, 11) is 1.91. The summed E-state index contributed by atoms with van der Waals surface area (Å²) in [5.74, 6) is 0. The molecule has 0 aliphatic heterocycles. The first-order chi connectivity index (χ1) is 7.54. The summed E-state index contributed by atoms with van der Waals surface area (Å²) in [4.78, 5) is 4.53. The van der Waals surface area contributed by atoms with Gasteiger partial charge in [0, 0.05) is 28.3 Å². The molecular weight excluding hydrogens is 288 g/mol. The molecule has 1 aromatic carbocycles. The van der Waals surface area contributed by atoms with E-state index in [2.05, 4.69) is 33.2 Å². The molecule has 0 fully saturated rings. The molecule has 0 saturated heterocycles. The van der Waals surface area contributed by atoms with Crippen molar-refractivity contribution in [1.82, 2.24) is 4.98 Å². The molecule has 0 amide bonds. The Balaban J connectivity index is 2.96. The van der Waals surface area contributed by atoms with E-state index in [1.165, 1.54) is 0 Å². The average molecular weight is 300 g/mol. The minimum absolute atomic E-state index is 0.670. The summed E-state index contributed by atoms with van der Waals surface area (Å²) in [6.07, 6.45) is 0. The van der Waals surface area contributed by atoms with Gasteiger partial charge in [0.05, 0.1) is 10.5 Å². The van der Waals surface area contributed by atoms with Crippen LogP contribution >= 0.6 is 27.5 Å². The number of rotatable bonds is 1. The van der Waals surface area contributed by atoms with E-state index >= 15 is 0 Å². The Morgan fingerprint density at radius 2 is 2.00 bits per heavy atom. The molecule has 0 unspecified atom stereocenters. The summed E-state index contributed by atoms with van der Waals surface area (Å²) in [5, 5.41) is 4.93. The topological polar surface area (TPSA) is 24.9 Å². The fraction of sp³-hybridized carbons (Fsp3) is 0.250. The van der Waals surface area contributed by atoms with E-state index in [9.17, 15) is 0 Å². The fourth-order valence-electron chi connectivity index (χ4n) is 1.83. The molecule has 84 valence electrons. The summed E-state index contributed by atoms with van der Waals surface area (Å²) in [6, 6.07) is 3.90. The van der Waals surface area contributed by atoms with Gasteiger partial charge in [0.25, 0.3) is 0 Å². The van der Waals surface area contributed by atoms with Crippen LogP contribution in [0, 0.1) is 13.8 Å². The maximum absolute atomic E-state index is 6.20. The first kappa shape index (κ1) is 11.7. The highest BCUT2D eigenvalue weighted by Crippen LogP contribution is 2.34. The van der Waals surface area contributed by atoms with Crippen molar-refractivity contribution < 1.29 is 0 Å². The van der Waals surface area contributed by atoms with Crippen LogP contribution in [0.3, 0.4) is 0 Å². The number of hydrogen-bond donors (Lipinski definition) is 1. The summed E-state index contributed by atoms with van der Waals surface area (Å²) in [6.45, 7) is 4.05. The number of hydrogen-bond acceptors (Lipinski definition) is 2. The highest BCUT2D eigenvalue weighted by atomic mass is 79.9. The van der Waals surface area contributed by atoms with Gasteiger partial charge in [-0.05, 0) is 31.5 Å². The van der Waals surface area contributed by atoms with Gasteiger partial charge in [0.2, 0.25) is 0 Å². The van der Waals surface area contributed by atoms with Crippen molar-refractivity contribution in [2.24, 2.45) is 0 Å². The van der Waals surface area contributed by atoms with Gasteiger partial charge in [-0.15, -0.1) is 0 Å². The molecule has 0 bridgehead atoms. The second-order valence-electron chi connectivity index (χ2n) is 3.73. The monoisotopic (exact) mass is 298 g/mol. The molecule has 4 heteroatoms. The van der Waals surface area contributed by atoms with E-state index in [4.69, 9.17) is 11.6 Å². The molecule has 0 spiro atoms. The normalized spacial score (nSPS) is 10.8. The Kier molecular flexibility index (Phi) is 3.08. The third-order valence-corrected chi connectivity index (χ3v) is 3.49. The van der Waals surface area contributed by atoms with Crippen molar-refractivity contribution >= 4 is 44.1 Å². The van der Waals surface area contributed by atoms with E-state index in [1.54, 1.807) is 0 Å². The predicted octanol–water partition coefficient (Wildman–Crippen LogP) is 4.31. The second kappa shape index (κ2) is 4.22. The van der Waals surface area contributed by atoms with Crippen molar-refractivity contribution in [2.45, 2.75) is 13.8 Å². The molecule has 2 nitrogen and oxygen atoms in total. The maximum Gasteiger partial charge on any atom is 0.0913 e. The Morgan fingerprint density at radius 1 is 1.31 bits per heavy atom. The van der Waals surface area contributed by atoms with Crippen LogP contribution in [0.15, 0.2) is 16.6 Å². The third-order valence-electron chi connectivity index (χ3n) is 2.74. The number of anilines is 1. The number of benzene rings is 1. The lowest BCUT2D eigenvalue weighted by Crippen LogP contribution is -1.98. The van der Waals surface area contributed by atoms with Gasteiger partial charge in [0.15, 0.2) is 0 Å². The van der Waals surface area contributed by atoms with Crippen molar-refractivity contribution in [3.05, 3.63) is 32.9 Å². The molecular formula is C12H12BrClN2. The molecule has 0 atom stereocenters. The molecule has 2 rings (SSSR count). The van der Waals surface area contributed by atoms with Crippen LogP contribution < -0.4 is 5.32 Å². The lowest BCUT2D eigenvalue weighted by molar-refractivity contribution is 1.19. The van der Waals surface area contributed by atoms with Crippen LogP contribution in [0.25, 0.3) is 10.9 Å². The molecule has 0 radical (unpaired) electrons. The smallest absolute Gasteiger partial charge is 0.0913 e. The van der Waals surface area contributed by atoms with Crippen LogP contribution in [-0.2, 0) is 0 Å². The van der Waals surface area contributed by atoms with Gasteiger partial charge in [-0.25, -0.2) is 0 Å². The Bertz CT molecular complexity index is 567. The molecule has 2 aromatic rings.